The molecule has 0 aliphatic carbocycles. The molecule has 1 aromatic carbocycles. The predicted molar refractivity (Wildman–Crippen MR) is 72.9 cm³/mol. The van der Waals surface area contributed by atoms with Gasteiger partial charge in [0.05, 0.1) is 16.3 Å². The Labute approximate surface area is 115 Å². The minimum absolute atomic E-state index is 0.0382. The summed E-state index contributed by atoms with van der Waals surface area (Å²) in [6.45, 7) is 2.59. The van der Waals surface area contributed by atoms with Crippen LogP contribution in [0.5, 0.6) is 0 Å². The second-order valence-electron chi connectivity index (χ2n) is 3.83. The van der Waals surface area contributed by atoms with E-state index in [1.54, 1.807) is 41.2 Å². The van der Waals surface area contributed by atoms with E-state index in [1.165, 1.54) is 0 Å². The molecule has 2 rings (SSSR count). The highest BCUT2D eigenvalue weighted by atomic mass is 79.9. The van der Waals surface area contributed by atoms with Gasteiger partial charge in [-0.2, -0.15) is 5.10 Å². The van der Waals surface area contributed by atoms with Crippen molar-refractivity contribution in [3.8, 4) is 0 Å². The van der Waals surface area contributed by atoms with Crippen LogP contribution in [0, 0.1) is 0 Å². The van der Waals surface area contributed by atoms with Crippen molar-refractivity contribution in [1.82, 2.24) is 9.78 Å². The summed E-state index contributed by atoms with van der Waals surface area (Å²) in [6, 6.07) is 8.57. The standard InChI is InChI=1S/C12H13BrN2O2S/c1-2-15-10(7-8-14-15)9-18(16,17)12-6-4-3-5-11(12)13/h3-8H,2,9H2,1H3. The Hall–Kier alpha value is -1.14. The molecule has 6 heteroatoms. The van der Waals surface area contributed by atoms with E-state index < -0.39 is 9.84 Å². The van der Waals surface area contributed by atoms with Gasteiger partial charge in [-0.3, -0.25) is 4.68 Å². The Kier molecular flexibility index (Phi) is 3.87. The first-order valence-electron chi connectivity index (χ1n) is 5.52. The number of hydrogen-bond donors (Lipinski definition) is 0. The lowest BCUT2D eigenvalue weighted by atomic mass is 10.4. The first kappa shape index (κ1) is 13.3. The van der Waals surface area contributed by atoms with Crippen LogP contribution in [0.2, 0.25) is 0 Å². The van der Waals surface area contributed by atoms with E-state index in [1.807, 2.05) is 6.92 Å². The third kappa shape index (κ3) is 2.64. The molecule has 0 N–H and O–H groups in total. The maximum Gasteiger partial charge on any atom is 0.185 e. The summed E-state index contributed by atoms with van der Waals surface area (Å²) in [4.78, 5) is 0.314. The Balaban J connectivity index is 2.37. The minimum Gasteiger partial charge on any atom is -0.269 e. The van der Waals surface area contributed by atoms with E-state index in [9.17, 15) is 8.42 Å². The lowest BCUT2D eigenvalue weighted by Gasteiger charge is -2.08. The number of halogens is 1. The Bertz CT molecular complexity index is 650. The van der Waals surface area contributed by atoms with Crippen LogP contribution in [0.1, 0.15) is 12.6 Å². The molecule has 0 unspecified atom stereocenters. The molecule has 0 amide bonds. The molecule has 1 aromatic heterocycles. The summed E-state index contributed by atoms with van der Waals surface area (Å²) >= 11 is 3.27. The molecule has 0 saturated heterocycles. The van der Waals surface area contributed by atoms with Crippen LogP contribution in [0.4, 0.5) is 0 Å². The summed E-state index contributed by atoms with van der Waals surface area (Å²) < 4.78 is 26.9. The van der Waals surface area contributed by atoms with Gasteiger partial charge in [0.25, 0.3) is 0 Å². The SMILES string of the molecule is CCn1nccc1CS(=O)(=O)c1ccccc1Br. The molecule has 96 valence electrons. The summed E-state index contributed by atoms with van der Waals surface area (Å²) in [5, 5.41) is 4.08. The fourth-order valence-corrected chi connectivity index (χ4v) is 4.20. The van der Waals surface area contributed by atoms with Gasteiger partial charge in [0, 0.05) is 17.2 Å². The number of sulfone groups is 1. The van der Waals surface area contributed by atoms with Gasteiger partial charge >= 0.3 is 0 Å². The van der Waals surface area contributed by atoms with E-state index in [2.05, 4.69) is 21.0 Å². The number of benzene rings is 1. The number of aromatic nitrogens is 2. The van der Waals surface area contributed by atoms with Gasteiger partial charge in [-0.05, 0) is 41.1 Å². The lowest BCUT2D eigenvalue weighted by Crippen LogP contribution is -2.10. The normalized spacial score (nSPS) is 11.7. The highest BCUT2D eigenvalue weighted by molar-refractivity contribution is 9.10. The highest BCUT2D eigenvalue weighted by Gasteiger charge is 2.19. The number of rotatable bonds is 4. The van der Waals surface area contributed by atoms with Crippen molar-refractivity contribution in [3.63, 3.8) is 0 Å². The van der Waals surface area contributed by atoms with Gasteiger partial charge in [-0.25, -0.2) is 8.42 Å². The maximum atomic E-state index is 12.3. The minimum atomic E-state index is -3.35. The molecule has 0 spiro atoms. The zero-order valence-corrected chi connectivity index (χ0v) is 12.3. The summed E-state index contributed by atoms with van der Waals surface area (Å²) in [5.41, 5.74) is 0.702. The van der Waals surface area contributed by atoms with Gasteiger partial charge < -0.3 is 0 Å². The maximum absolute atomic E-state index is 12.3. The van der Waals surface area contributed by atoms with E-state index in [4.69, 9.17) is 0 Å². The third-order valence-corrected chi connectivity index (χ3v) is 5.27. The van der Waals surface area contributed by atoms with Crippen molar-refractivity contribution in [3.05, 3.63) is 46.7 Å². The average Bonchev–Trinajstić information content (AvgIpc) is 2.76. The van der Waals surface area contributed by atoms with Crippen molar-refractivity contribution < 1.29 is 8.42 Å². The highest BCUT2D eigenvalue weighted by Crippen LogP contribution is 2.24. The molecule has 0 aliphatic heterocycles. The van der Waals surface area contributed by atoms with E-state index in [0.29, 0.717) is 21.6 Å². The predicted octanol–water partition coefficient (Wildman–Crippen LogP) is 2.64. The van der Waals surface area contributed by atoms with Crippen molar-refractivity contribution in [1.29, 1.82) is 0 Å². The Morgan fingerprint density at radius 2 is 2.00 bits per heavy atom. The molecule has 0 radical (unpaired) electrons. The second-order valence-corrected chi connectivity index (χ2v) is 6.64. The van der Waals surface area contributed by atoms with Gasteiger partial charge in [-0.15, -0.1) is 0 Å². The van der Waals surface area contributed by atoms with Gasteiger partial charge in [-0.1, -0.05) is 12.1 Å². The van der Waals surface area contributed by atoms with Crippen molar-refractivity contribution in [2.24, 2.45) is 0 Å². The topological polar surface area (TPSA) is 52.0 Å². The molecule has 0 fully saturated rings. The number of nitrogens with zero attached hydrogens (tertiary/aromatic N) is 2. The Morgan fingerprint density at radius 3 is 2.67 bits per heavy atom. The quantitative estimate of drug-likeness (QED) is 0.866. The Morgan fingerprint density at radius 1 is 1.28 bits per heavy atom. The summed E-state index contributed by atoms with van der Waals surface area (Å²) in [5.74, 6) is -0.0382. The van der Waals surface area contributed by atoms with Crippen molar-refractivity contribution in [2.75, 3.05) is 0 Å². The lowest BCUT2D eigenvalue weighted by molar-refractivity contribution is 0.586. The van der Waals surface area contributed by atoms with Crippen LogP contribution in [0.15, 0.2) is 45.9 Å². The van der Waals surface area contributed by atoms with Crippen LogP contribution in [0.3, 0.4) is 0 Å². The summed E-state index contributed by atoms with van der Waals surface area (Å²) in [6.07, 6.45) is 1.62. The average molecular weight is 329 g/mol. The van der Waals surface area contributed by atoms with E-state index in [-0.39, 0.29) is 5.75 Å². The zero-order chi connectivity index (χ0) is 13.2. The largest absolute Gasteiger partial charge is 0.269 e. The van der Waals surface area contributed by atoms with Crippen LogP contribution < -0.4 is 0 Å². The zero-order valence-electron chi connectivity index (χ0n) is 9.88. The molecule has 4 nitrogen and oxygen atoms in total. The first-order valence-corrected chi connectivity index (χ1v) is 7.97. The first-order chi connectivity index (χ1) is 8.54. The molecule has 18 heavy (non-hydrogen) atoms. The molecule has 0 saturated carbocycles. The number of hydrogen-bond acceptors (Lipinski definition) is 3. The molecule has 2 aromatic rings. The molecule has 0 bridgehead atoms. The third-order valence-electron chi connectivity index (χ3n) is 2.61. The van der Waals surface area contributed by atoms with E-state index in [0.717, 1.165) is 0 Å². The fourth-order valence-electron chi connectivity index (χ4n) is 1.74. The second kappa shape index (κ2) is 5.24. The van der Waals surface area contributed by atoms with Crippen LogP contribution in [0.25, 0.3) is 0 Å². The monoisotopic (exact) mass is 328 g/mol. The van der Waals surface area contributed by atoms with Crippen molar-refractivity contribution >= 4 is 25.8 Å². The summed E-state index contributed by atoms with van der Waals surface area (Å²) in [7, 11) is -3.35. The molecule has 1 heterocycles. The van der Waals surface area contributed by atoms with Crippen LogP contribution in [-0.4, -0.2) is 18.2 Å². The fraction of sp³-hybridized carbons (Fsp3) is 0.250. The van der Waals surface area contributed by atoms with Gasteiger partial charge in [0.1, 0.15) is 0 Å². The van der Waals surface area contributed by atoms with Crippen LogP contribution in [-0.2, 0) is 22.1 Å². The molecule has 0 atom stereocenters. The number of aryl methyl sites for hydroxylation is 1. The molecular weight excluding hydrogens is 316 g/mol. The van der Waals surface area contributed by atoms with Gasteiger partial charge in [0.15, 0.2) is 9.84 Å². The van der Waals surface area contributed by atoms with Gasteiger partial charge in [0.2, 0.25) is 0 Å². The van der Waals surface area contributed by atoms with Crippen LogP contribution >= 0.6 is 15.9 Å². The molecular formula is C12H13BrN2O2S. The van der Waals surface area contributed by atoms with Crippen molar-refractivity contribution in [2.45, 2.75) is 24.1 Å². The molecule has 0 aliphatic rings. The van der Waals surface area contributed by atoms with E-state index >= 15 is 0 Å². The smallest absolute Gasteiger partial charge is 0.185 e.